The zero-order valence-electron chi connectivity index (χ0n) is 15.5. The Bertz CT molecular complexity index is 858. The van der Waals surface area contributed by atoms with Crippen LogP contribution < -0.4 is 5.32 Å². The van der Waals surface area contributed by atoms with E-state index in [9.17, 15) is 9.59 Å². The van der Waals surface area contributed by atoms with Crippen LogP contribution in [0.3, 0.4) is 0 Å². The second-order valence-electron chi connectivity index (χ2n) is 7.82. The monoisotopic (exact) mass is 401 g/mol. The molecule has 2 fully saturated rings. The fourth-order valence-electron chi connectivity index (χ4n) is 4.74. The molecule has 1 N–H and O–H groups in total. The maximum atomic E-state index is 13.4. The number of halogens is 1. The van der Waals surface area contributed by atoms with E-state index >= 15 is 0 Å². The predicted octanol–water partition coefficient (Wildman–Crippen LogP) is 1.95. The molecule has 2 amide bonds. The average molecular weight is 402 g/mol. The smallest absolute Gasteiger partial charge is 0.290 e. The fourth-order valence-corrected chi connectivity index (χ4v) is 4.74. The van der Waals surface area contributed by atoms with Gasteiger partial charge in [-0.15, -0.1) is 12.4 Å². The molecule has 5 rings (SSSR count). The molecule has 1 aromatic carbocycles. The van der Waals surface area contributed by atoms with Crippen LogP contribution in [0.1, 0.15) is 21.7 Å². The van der Waals surface area contributed by atoms with Crippen LogP contribution in [0.15, 0.2) is 47.1 Å². The van der Waals surface area contributed by atoms with Gasteiger partial charge in [0, 0.05) is 39.1 Å². The Morgan fingerprint density at radius 2 is 1.71 bits per heavy atom. The molecule has 2 saturated heterocycles. The average Bonchev–Trinajstić information content (AvgIpc) is 3.42. The predicted molar refractivity (Wildman–Crippen MR) is 106 cm³/mol. The van der Waals surface area contributed by atoms with E-state index in [1.54, 1.807) is 17.0 Å². The van der Waals surface area contributed by atoms with Gasteiger partial charge in [0.2, 0.25) is 5.91 Å². The number of nitrogens with zero attached hydrogens (tertiary/aromatic N) is 2. The van der Waals surface area contributed by atoms with Gasteiger partial charge in [-0.3, -0.25) is 9.59 Å². The molecule has 0 saturated carbocycles. The molecule has 3 atom stereocenters. The standard InChI is InChI=1S/C21H23N3O3.ClH/c25-20(23-11-16-9-22-10-17(16)12-23)18-8-14-4-1-2-5-15(14)13-24(18)21(26)19-6-3-7-27-19;/h1-7,16-18,22H,8-13H2;1H/t16-,17+,18?;. The molecule has 0 radical (unpaired) electrons. The summed E-state index contributed by atoms with van der Waals surface area (Å²) in [6, 6.07) is 11.0. The highest BCUT2D eigenvalue weighted by Crippen LogP contribution is 2.30. The molecule has 1 unspecified atom stereocenters. The van der Waals surface area contributed by atoms with Gasteiger partial charge in [-0.1, -0.05) is 24.3 Å². The van der Waals surface area contributed by atoms with Gasteiger partial charge in [-0.05, 0) is 35.1 Å². The van der Waals surface area contributed by atoms with Crippen molar-refractivity contribution in [2.45, 2.75) is 19.0 Å². The van der Waals surface area contributed by atoms with Crippen molar-refractivity contribution in [3.05, 3.63) is 59.5 Å². The number of rotatable bonds is 2. The van der Waals surface area contributed by atoms with E-state index in [-0.39, 0.29) is 30.0 Å². The summed E-state index contributed by atoms with van der Waals surface area (Å²) in [7, 11) is 0. The molecule has 3 aliphatic rings. The molecular formula is C21H24ClN3O3. The first-order valence-electron chi connectivity index (χ1n) is 9.61. The third kappa shape index (κ3) is 3.20. The van der Waals surface area contributed by atoms with Crippen LogP contribution in [0.5, 0.6) is 0 Å². The maximum absolute atomic E-state index is 13.4. The molecule has 1 aromatic heterocycles. The third-order valence-electron chi connectivity index (χ3n) is 6.23. The van der Waals surface area contributed by atoms with Crippen LogP contribution in [0.2, 0.25) is 0 Å². The number of benzene rings is 1. The summed E-state index contributed by atoms with van der Waals surface area (Å²) in [4.78, 5) is 30.1. The van der Waals surface area contributed by atoms with Crippen LogP contribution in [-0.4, -0.2) is 53.8 Å². The quantitative estimate of drug-likeness (QED) is 0.835. The van der Waals surface area contributed by atoms with E-state index < -0.39 is 6.04 Å². The van der Waals surface area contributed by atoms with Gasteiger partial charge in [0.1, 0.15) is 6.04 Å². The molecule has 0 aliphatic carbocycles. The number of hydrogen-bond acceptors (Lipinski definition) is 4. The second kappa shape index (κ2) is 7.60. The van der Waals surface area contributed by atoms with Crippen molar-refractivity contribution in [1.29, 1.82) is 0 Å². The van der Waals surface area contributed by atoms with Crippen molar-refractivity contribution >= 4 is 24.2 Å². The van der Waals surface area contributed by atoms with E-state index in [1.165, 1.54) is 6.26 Å². The van der Waals surface area contributed by atoms with Crippen LogP contribution in [-0.2, 0) is 17.8 Å². The van der Waals surface area contributed by atoms with Crippen molar-refractivity contribution in [3.8, 4) is 0 Å². The lowest BCUT2D eigenvalue weighted by atomic mass is 9.93. The summed E-state index contributed by atoms with van der Waals surface area (Å²) in [6.07, 6.45) is 2.06. The highest BCUT2D eigenvalue weighted by atomic mass is 35.5. The van der Waals surface area contributed by atoms with Gasteiger partial charge in [-0.25, -0.2) is 0 Å². The van der Waals surface area contributed by atoms with Crippen molar-refractivity contribution < 1.29 is 14.0 Å². The van der Waals surface area contributed by atoms with Gasteiger partial charge in [-0.2, -0.15) is 0 Å². The molecule has 7 heteroatoms. The van der Waals surface area contributed by atoms with Gasteiger partial charge in [0.05, 0.1) is 6.26 Å². The molecule has 28 heavy (non-hydrogen) atoms. The van der Waals surface area contributed by atoms with E-state index in [4.69, 9.17) is 4.42 Å². The van der Waals surface area contributed by atoms with Crippen molar-refractivity contribution in [3.63, 3.8) is 0 Å². The zero-order valence-corrected chi connectivity index (χ0v) is 16.4. The van der Waals surface area contributed by atoms with E-state index in [0.29, 0.717) is 24.8 Å². The van der Waals surface area contributed by atoms with Crippen LogP contribution >= 0.6 is 12.4 Å². The van der Waals surface area contributed by atoms with E-state index in [0.717, 1.165) is 37.3 Å². The summed E-state index contributed by atoms with van der Waals surface area (Å²) >= 11 is 0. The molecule has 3 aliphatic heterocycles. The lowest BCUT2D eigenvalue weighted by molar-refractivity contribution is -0.136. The number of amides is 2. The number of hydrogen-bond donors (Lipinski definition) is 1. The largest absolute Gasteiger partial charge is 0.459 e. The summed E-state index contributed by atoms with van der Waals surface area (Å²) in [5.74, 6) is 1.22. The molecule has 6 nitrogen and oxygen atoms in total. The van der Waals surface area contributed by atoms with Gasteiger partial charge >= 0.3 is 0 Å². The number of nitrogens with one attached hydrogen (secondary N) is 1. The minimum atomic E-state index is -0.468. The van der Waals surface area contributed by atoms with Crippen molar-refractivity contribution in [1.82, 2.24) is 15.1 Å². The first-order chi connectivity index (χ1) is 13.2. The molecule has 0 bridgehead atoms. The summed E-state index contributed by atoms with van der Waals surface area (Å²) < 4.78 is 5.33. The highest BCUT2D eigenvalue weighted by Gasteiger charge is 2.43. The van der Waals surface area contributed by atoms with E-state index in [1.807, 2.05) is 23.1 Å². The van der Waals surface area contributed by atoms with Crippen LogP contribution in [0.4, 0.5) is 0 Å². The van der Waals surface area contributed by atoms with Crippen LogP contribution in [0.25, 0.3) is 0 Å². The highest BCUT2D eigenvalue weighted by molar-refractivity contribution is 5.96. The summed E-state index contributed by atoms with van der Waals surface area (Å²) in [5.41, 5.74) is 2.25. The normalized spacial score (nSPS) is 25.8. The Morgan fingerprint density at radius 1 is 1.00 bits per heavy atom. The SMILES string of the molecule is Cl.O=C(C1Cc2ccccc2CN1C(=O)c1ccco1)N1C[C@H]2CNC[C@H]2C1. The van der Waals surface area contributed by atoms with E-state index in [2.05, 4.69) is 11.4 Å². The number of furan rings is 1. The fraction of sp³-hybridized carbons (Fsp3) is 0.429. The molecule has 0 spiro atoms. The lowest BCUT2D eigenvalue weighted by Gasteiger charge is -2.37. The topological polar surface area (TPSA) is 65.8 Å². The Labute approximate surface area is 170 Å². The molecular weight excluding hydrogens is 378 g/mol. The van der Waals surface area contributed by atoms with Crippen LogP contribution in [0, 0.1) is 11.8 Å². The molecule has 148 valence electrons. The van der Waals surface area contributed by atoms with Crippen molar-refractivity contribution in [2.24, 2.45) is 11.8 Å². The first kappa shape index (κ1) is 19.0. The summed E-state index contributed by atoms with van der Waals surface area (Å²) in [5, 5.41) is 3.41. The number of carbonyl (C=O) groups excluding carboxylic acids is 2. The number of likely N-dealkylation sites (tertiary alicyclic amines) is 1. The summed E-state index contributed by atoms with van der Waals surface area (Å²) in [6.45, 7) is 3.98. The van der Waals surface area contributed by atoms with Crippen molar-refractivity contribution in [2.75, 3.05) is 26.2 Å². The number of carbonyl (C=O) groups is 2. The Balaban J connectivity index is 0.00000192. The second-order valence-corrected chi connectivity index (χ2v) is 7.82. The Kier molecular flexibility index (Phi) is 5.17. The molecule has 2 aromatic rings. The minimum absolute atomic E-state index is 0. The lowest BCUT2D eigenvalue weighted by Crippen LogP contribution is -2.53. The maximum Gasteiger partial charge on any atom is 0.290 e. The van der Waals surface area contributed by atoms with Gasteiger partial charge < -0.3 is 19.5 Å². The third-order valence-corrected chi connectivity index (χ3v) is 6.23. The minimum Gasteiger partial charge on any atom is -0.459 e. The zero-order chi connectivity index (χ0) is 18.4. The Hall–Kier alpha value is -2.31. The first-order valence-corrected chi connectivity index (χ1v) is 9.61. The van der Waals surface area contributed by atoms with Gasteiger partial charge in [0.15, 0.2) is 5.76 Å². The Morgan fingerprint density at radius 3 is 2.39 bits per heavy atom. The number of fused-ring (bicyclic) bond motifs is 2. The van der Waals surface area contributed by atoms with Gasteiger partial charge in [0.25, 0.3) is 5.91 Å². The molecule has 4 heterocycles.